The zero-order chi connectivity index (χ0) is 14.8. The first-order valence-corrected chi connectivity index (χ1v) is 6.86. The Bertz CT molecular complexity index is 593. The van der Waals surface area contributed by atoms with Gasteiger partial charge < -0.3 is 11.1 Å². The second-order valence-corrected chi connectivity index (χ2v) is 5.30. The van der Waals surface area contributed by atoms with Crippen molar-refractivity contribution >= 4 is 22.7 Å². The van der Waals surface area contributed by atoms with Crippen LogP contribution in [0.5, 0.6) is 0 Å². The number of nitrogen functional groups attached to an aromatic ring is 1. The van der Waals surface area contributed by atoms with Gasteiger partial charge in [-0.3, -0.25) is 0 Å². The molecule has 2 rings (SSSR count). The van der Waals surface area contributed by atoms with Crippen LogP contribution in [0.3, 0.4) is 0 Å². The van der Waals surface area contributed by atoms with Crippen LogP contribution in [0.2, 0.25) is 0 Å². The third kappa shape index (κ3) is 3.63. The molecule has 2 aromatic rings. The number of rotatable bonds is 4. The van der Waals surface area contributed by atoms with Crippen LogP contribution in [0.1, 0.15) is 16.3 Å². The number of nitrogens with two attached hydrogens (primary N) is 1. The first-order chi connectivity index (χ1) is 9.36. The van der Waals surface area contributed by atoms with Crippen molar-refractivity contribution in [3.8, 4) is 0 Å². The summed E-state index contributed by atoms with van der Waals surface area (Å²) < 4.78 is 38.1. The number of hydrogen-bond donors (Lipinski definition) is 2. The summed E-state index contributed by atoms with van der Waals surface area (Å²) in [6, 6.07) is 3.83. The van der Waals surface area contributed by atoms with Crippen molar-refractivity contribution < 1.29 is 13.2 Å². The van der Waals surface area contributed by atoms with Crippen LogP contribution in [0.25, 0.3) is 0 Å². The number of benzene rings is 1. The maximum atomic E-state index is 12.7. The summed E-state index contributed by atoms with van der Waals surface area (Å²) >= 11 is 1.54. The zero-order valence-corrected chi connectivity index (χ0v) is 11.6. The third-order valence-corrected chi connectivity index (χ3v) is 3.72. The first kappa shape index (κ1) is 14.6. The lowest BCUT2D eigenvalue weighted by molar-refractivity contribution is -0.136. The predicted molar refractivity (Wildman–Crippen MR) is 74.9 cm³/mol. The van der Waals surface area contributed by atoms with Gasteiger partial charge in [0, 0.05) is 35.4 Å². The molecule has 3 nitrogen and oxygen atoms in total. The van der Waals surface area contributed by atoms with Gasteiger partial charge in [0.1, 0.15) is 0 Å². The highest BCUT2D eigenvalue weighted by Gasteiger charge is 2.33. The molecule has 0 aliphatic rings. The fraction of sp³-hybridized carbons (Fsp3) is 0.308. The molecule has 0 aliphatic heterocycles. The summed E-state index contributed by atoms with van der Waals surface area (Å²) in [6.07, 6.45) is -3.77. The molecule has 0 unspecified atom stereocenters. The van der Waals surface area contributed by atoms with Crippen molar-refractivity contribution in [2.24, 2.45) is 0 Å². The number of hydrogen-bond acceptors (Lipinski definition) is 4. The Hall–Kier alpha value is -1.76. The molecule has 20 heavy (non-hydrogen) atoms. The number of thiazole rings is 1. The van der Waals surface area contributed by atoms with Gasteiger partial charge in [-0.2, -0.15) is 13.2 Å². The molecule has 0 radical (unpaired) electrons. The van der Waals surface area contributed by atoms with Crippen molar-refractivity contribution in [1.82, 2.24) is 4.98 Å². The molecule has 7 heteroatoms. The van der Waals surface area contributed by atoms with Gasteiger partial charge in [0.05, 0.1) is 10.6 Å². The SMILES string of the molecule is Cc1csc(CCNc2ccc(N)c(C(F)(F)F)c2)n1. The number of halogens is 3. The van der Waals surface area contributed by atoms with Crippen LogP contribution in [0.4, 0.5) is 24.5 Å². The van der Waals surface area contributed by atoms with Gasteiger partial charge >= 0.3 is 6.18 Å². The zero-order valence-electron chi connectivity index (χ0n) is 10.8. The van der Waals surface area contributed by atoms with E-state index in [0.29, 0.717) is 18.7 Å². The van der Waals surface area contributed by atoms with Crippen LogP contribution >= 0.6 is 11.3 Å². The summed E-state index contributed by atoms with van der Waals surface area (Å²) in [5.41, 5.74) is 5.62. The largest absolute Gasteiger partial charge is 0.418 e. The Morgan fingerprint density at radius 1 is 1.35 bits per heavy atom. The van der Waals surface area contributed by atoms with E-state index >= 15 is 0 Å². The number of nitrogens with zero attached hydrogens (tertiary/aromatic N) is 1. The van der Waals surface area contributed by atoms with E-state index in [9.17, 15) is 13.2 Å². The van der Waals surface area contributed by atoms with Gasteiger partial charge in [-0.25, -0.2) is 4.98 Å². The molecule has 108 valence electrons. The highest BCUT2D eigenvalue weighted by Crippen LogP contribution is 2.35. The van der Waals surface area contributed by atoms with Crippen molar-refractivity contribution in [3.63, 3.8) is 0 Å². The van der Waals surface area contributed by atoms with Gasteiger partial charge in [0.15, 0.2) is 0 Å². The molecular formula is C13H14F3N3S. The predicted octanol–water partition coefficient (Wildman–Crippen LogP) is 3.71. The minimum absolute atomic E-state index is 0.265. The van der Waals surface area contributed by atoms with Crippen LogP contribution in [-0.2, 0) is 12.6 Å². The highest BCUT2D eigenvalue weighted by atomic mass is 32.1. The monoisotopic (exact) mass is 301 g/mol. The molecule has 1 aromatic heterocycles. The summed E-state index contributed by atoms with van der Waals surface area (Å²) in [6.45, 7) is 2.43. The molecule has 0 spiro atoms. The molecule has 1 aromatic carbocycles. The Morgan fingerprint density at radius 3 is 2.70 bits per heavy atom. The second kappa shape index (κ2) is 5.70. The number of aryl methyl sites for hydroxylation is 1. The standard InChI is InChI=1S/C13H14F3N3S/c1-8-7-20-12(19-8)4-5-18-9-2-3-11(17)10(6-9)13(14,15)16/h2-3,6-7,18H,4-5,17H2,1H3. The van der Waals surface area contributed by atoms with E-state index in [0.717, 1.165) is 16.8 Å². The number of anilines is 2. The van der Waals surface area contributed by atoms with E-state index in [1.807, 2.05) is 12.3 Å². The lowest BCUT2D eigenvalue weighted by Crippen LogP contribution is -2.11. The number of nitrogens with one attached hydrogen (secondary N) is 1. The van der Waals surface area contributed by atoms with Crippen LogP contribution < -0.4 is 11.1 Å². The van der Waals surface area contributed by atoms with Gasteiger partial charge in [0.25, 0.3) is 0 Å². The minimum Gasteiger partial charge on any atom is -0.398 e. The average molecular weight is 301 g/mol. The molecule has 0 atom stereocenters. The van der Waals surface area contributed by atoms with E-state index in [4.69, 9.17) is 5.73 Å². The van der Waals surface area contributed by atoms with Gasteiger partial charge in [-0.15, -0.1) is 11.3 Å². The van der Waals surface area contributed by atoms with Gasteiger partial charge in [-0.05, 0) is 25.1 Å². The normalized spacial score (nSPS) is 11.6. The summed E-state index contributed by atoms with van der Waals surface area (Å²) in [5.74, 6) is 0. The minimum atomic E-state index is -4.44. The van der Waals surface area contributed by atoms with Crippen LogP contribution in [0.15, 0.2) is 23.6 Å². The third-order valence-electron chi connectivity index (χ3n) is 2.69. The Balaban J connectivity index is 2.00. The van der Waals surface area contributed by atoms with Gasteiger partial charge in [-0.1, -0.05) is 0 Å². The molecule has 1 heterocycles. The molecule has 0 aliphatic carbocycles. The average Bonchev–Trinajstić information content (AvgIpc) is 2.76. The lowest BCUT2D eigenvalue weighted by Gasteiger charge is -2.12. The van der Waals surface area contributed by atoms with E-state index in [-0.39, 0.29) is 5.69 Å². The maximum absolute atomic E-state index is 12.7. The maximum Gasteiger partial charge on any atom is 0.418 e. The van der Waals surface area contributed by atoms with Crippen molar-refractivity contribution in [3.05, 3.63) is 39.8 Å². The molecule has 0 saturated carbocycles. The van der Waals surface area contributed by atoms with E-state index in [1.54, 1.807) is 11.3 Å². The molecule has 0 fully saturated rings. The quantitative estimate of drug-likeness (QED) is 0.846. The Labute approximate surface area is 118 Å². The molecule has 0 amide bonds. The van der Waals surface area contributed by atoms with E-state index < -0.39 is 11.7 Å². The Kier molecular flexibility index (Phi) is 4.17. The summed E-state index contributed by atoms with van der Waals surface area (Å²) in [7, 11) is 0. The molecule has 3 N–H and O–H groups in total. The van der Waals surface area contributed by atoms with Crippen molar-refractivity contribution in [2.45, 2.75) is 19.5 Å². The first-order valence-electron chi connectivity index (χ1n) is 5.98. The van der Waals surface area contributed by atoms with Crippen LogP contribution in [-0.4, -0.2) is 11.5 Å². The van der Waals surface area contributed by atoms with Crippen LogP contribution in [0, 0.1) is 6.92 Å². The van der Waals surface area contributed by atoms with Crippen molar-refractivity contribution in [2.75, 3.05) is 17.6 Å². The highest BCUT2D eigenvalue weighted by molar-refractivity contribution is 7.09. The summed E-state index contributed by atoms with van der Waals surface area (Å²) in [4.78, 5) is 4.29. The number of aromatic nitrogens is 1. The topological polar surface area (TPSA) is 50.9 Å². The van der Waals surface area contributed by atoms with E-state index in [1.165, 1.54) is 12.1 Å². The van der Waals surface area contributed by atoms with E-state index in [2.05, 4.69) is 10.3 Å². The second-order valence-electron chi connectivity index (χ2n) is 4.36. The molecular weight excluding hydrogens is 287 g/mol. The fourth-order valence-electron chi connectivity index (χ4n) is 1.74. The lowest BCUT2D eigenvalue weighted by atomic mass is 10.1. The van der Waals surface area contributed by atoms with Gasteiger partial charge in [0.2, 0.25) is 0 Å². The van der Waals surface area contributed by atoms with Crippen molar-refractivity contribution in [1.29, 1.82) is 0 Å². The summed E-state index contributed by atoms with van der Waals surface area (Å²) in [5, 5.41) is 5.86. The molecule has 0 bridgehead atoms. The number of alkyl halides is 3. The molecule has 0 saturated heterocycles. The smallest absolute Gasteiger partial charge is 0.398 e. The fourth-order valence-corrected chi connectivity index (χ4v) is 2.52. The Morgan fingerprint density at radius 2 is 2.10 bits per heavy atom.